The number of carboxylic acid groups (broad SMARTS) is 1. The summed E-state index contributed by atoms with van der Waals surface area (Å²) in [6, 6.07) is 16.7. The number of halogens is 2. The van der Waals surface area contributed by atoms with Crippen molar-refractivity contribution >= 4 is 52.2 Å². The number of nitrogens with zero attached hydrogens (tertiary/aromatic N) is 2. The van der Waals surface area contributed by atoms with Gasteiger partial charge in [-0.15, -0.1) is 0 Å². The average Bonchev–Trinajstić information content (AvgIpc) is 3.43. The van der Waals surface area contributed by atoms with Crippen LogP contribution < -0.4 is 10.6 Å². The van der Waals surface area contributed by atoms with Gasteiger partial charge >= 0.3 is 5.97 Å². The number of ketones is 1. The van der Waals surface area contributed by atoms with E-state index in [1.165, 1.54) is 11.0 Å². The maximum atomic E-state index is 14.3. The van der Waals surface area contributed by atoms with Crippen molar-refractivity contribution in [2.45, 2.75) is 38.9 Å². The fourth-order valence-electron chi connectivity index (χ4n) is 4.55. The summed E-state index contributed by atoms with van der Waals surface area (Å²) < 4.78 is 19.6. The SMILES string of the molecule is CC(C)[C@H](NC(=O)c1ccccc1)C(=O)N(CC(=O)NC(CC(=O)O)C(=O)c1nc2c(F)cc(Cl)cc2o1)Cc1ccccc1. The number of benzene rings is 3. The first-order valence-electron chi connectivity index (χ1n) is 13.9. The molecular weight excluding hydrogens is 607 g/mol. The lowest BCUT2D eigenvalue weighted by atomic mass is 10.0. The molecule has 2 atom stereocenters. The summed E-state index contributed by atoms with van der Waals surface area (Å²) in [4.78, 5) is 70.0. The number of amides is 3. The third-order valence-electron chi connectivity index (χ3n) is 6.77. The van der Waals surface area contributed by atoms with Crippen LogP contribution in [0, 0.1) is 11.7 Å². The minimum atomic E-state index is -1.66. The number of carbonyl (C=O) groups excluding carboxylic acids is 4. The molecule has 0 saturated heterocycles. The zero-order valence-corrected chi connectivity index (χ0v) is 25.1. The van der Waals surface area contributed by atoms with Gasteiger partial charge in [-0.2, -0.15) is 0 Å². The summed E-state index contributed by atoms with van der Waals surface area (Å²) in [6.45, 7) is 2.87. The van der Waals surface area contributed by atoms with E-state index in [4.69, 9.17) is 16.0 Å². The first-order valence-corrected chi connectivity index (χ1v) is 14.3. The summed E-state index contributed by atoms with van der Waals surface area (Å²) in [7, 11) is 0. The molecule has 1 unspecified atom stereocenters. The second kappa shape index (κ2) is 14.6. The Morgan fingerprint density at radius 3 is 2.24 bits per heavy atom. The molecule has 13 heteroatoms. The fraction of sp³-hybridized carbons (Fsp3) is 0.250. The monoisotopic (exact) mass is 636 g/mol. The van der Waals surface area contributed by atoms with Gasteiger partial charge in [-0.1, -0.05) is 74.0 Å². The highest BCUT2D eigenvalue weighted by molar-refractivity contribution is 6.31. The van der Waals surface area contributed by atoms with Crippen molar-refractivity contribution in [2.24, 2.45) is 5.92 Å². The van der Waals surface area contributed by atoms with Gasteiger partial charge in [0.2, 0.25) is 17.6 Å². The Bertz CT molecular complexity index is 1710. The topological polar surface area (TPSA) is 159 Å². The van der Waals surface area contributed by atoms with E-state index in [0.29, 0.717) is 11.1 Å². The van der Waals surface area contributed by atoms with Crippen LogP contribution in [0.25, 0.3) is 11.1 Å². The van der Waals surface area contributed by atoms with E-state index in [0.717, 1.165) is 6.07 Å². The lowest BCUT2D eigenvalue weighted by molar-refractivity contribution is -0.140. The fourth-order valence-corrected chi connectivity index (χ4v) is 4.74. The number of carbonyl (C=O) groups is 5. The molecule has 0 bridgehead atoms. The van der Waals surface area contributed by atoms with Gasteiger partial charge in [-0.25, -0.2) is 9.37 Å². The highest BCUT2D eigenvalue weighted by atomic mass is 35.5. The second-order valence-corrected chi connectivity index (χ2v) is 11.0. The van der Waals surface area contributed by atoms with Gasteiger partial charge in [0.25, 0.3) is 11.8 Å². The van der Waals surface area contributed by atoms with Crippen molar-refractivity contribution in [3.05, 3.63) is 101 Å². The van der Waals surface area contributed by atoms with E-state index >= 15 is 0 Å². The van der Waals surface area contributed by atoms with Crippen LogP contribution >= 0.6 is 11.6 Å². The van der Waals surface area contributed by atoms with Gasteiger partial charge in [-0.05, 0) is 29.7 Å². The summed E-state index contributed by atoms with van der Waals surface area (Å²) in [5.41, 5.74) is 0.598. The Kier molecular flexibility index (Phi) is 10.6. The molecule has 3 aromatic carbocycles. The Hall–Kier alpha value is -5.10. The van der Waals surface area contributed by atoms with E-state index in [9.17, 15) is 33.5 Å². The van der Waals surface area contributed by atoms with Gasteiger partial charge < -0.3 is 25.1 Å². The summed E-state index contributed by atoms with van der Waals surface area (Å²) >= 11 is 5.84. The van der Waals surface area contributed by atoms with Crippen molar-refractivity contribution in [1.29, 1.82) is 0 Å². The predicted octanol–water partition coefficient (Wildman–Crippen LogP) is 4.25. The number of aromatic nitrogens is 1. The highest BCUT2D eigenvalue weighted by Crippen LogP contribution is 2.24. The van der Waals surface area contributed by atoms with E-state index in [2.05, 4.69) is 15.6 Å². The highest BCUT2D eigenvalue weighted by Gasteiger charge is 2.33. The number of oxazole rings is 1. The first-order chi connectivity index (χ1) is 21.4. The second-order valence-electron chi connectivity index (χ2n) is 10.6. The Balaban J connectivity index is 1.57. The number of nitrogens with one attached hydrogen (secondary N) is 2. The molecule has 45 heavy (non-hydrogen) atoms. The molecule has 4 aromatic rings. The van der Waals surface area contributed by atoms with Crippen molar-refractivity contribution in [1.82, 2.24) is 20.5 Å². The van der Waals surface area contributed by atoms with Crippen molar-refractivity contribution in [2.75, 3.05) is 6.54 Å². The largest absolute Gasteiger partial charge is 0.481 e. The van der Waals surface area contributed by atoms with Crippen LogP contribution in [-0.4, -0.2) is 63.1 Å². The molecule has 1 heterocycles. The molecule has 0 spiro atoms. The number of Topliss-reactive ketones (excluding diaryl/α,β-unsaturated/α-hetero) is 1. The number of aliphatic carboxylic acids is 1. The molecule has 0 fully saturated rings. The smallest absolute Gasteiger partial charge is 0.305 e. The van der Waals surface area contributed by atoms with Gasteiger partial charge in [0, 0.05) is 23.2 Å². The lowest BCUT2D eigenvalue weighted by Crippen LogP contribution is -2.54. The molecule has 0 aliphatic heterocycles. The quantitative estimate of drug-likeness (QED) is 0.184. The number of hydrogen-bond donors (Lipinski definition) is 3. The third-order valence-corrected chi connectivity index (χ3v) is 6.99. The standard InChI is InChI=1S/C32H30ClFN4O7/c1-18(2)27(36-30(43)20-11-7-4-8-12-20)32(44)38(16-19-9-5-3-6-10-19)17-25(39)35-23(15-26(40)41)29(42)31-37-28-22(34)13-21(33)14-24(28)45-31/h3-14,18,23,27H,15-17H2,1-2H3,(H,35,39)(H,36,43)(H,40,41)/t23?,27-/m0/s1. The molecule has 4 rings (SSSR count). The molecule has 0 saturated carbocycles. The Morgan fingerprint density at radius 1 is 0.978 bits per heavy atom. The van der Waals surface area contributed by atoms with Crippen LogP contribution in [0.3, 0.4) is 0 Å². The van der Waals surface area contributed by atoms with Crippen LogP contribution in [-0.2, 0) is 20.9 Å². The molecular formula is C32H30ClFN4O7. The zero-order chi connectivity index (χ0) is 32.7. The van der Waals surface area contributed by atoms with Crippen molar-refractivity contribution in [3.8, 4) is 0 Å². The predicted molar refractivity (Wildman–Crippen MR) is 162 cm³/mol. The van der Waals surface area contributed by atoms with Crippen LogP contribution in [0.1, 0.15) is 46.9 Å². The minimum Gasteiger partial charge on any atom is -0.481 e. The number of rotatable bonds is 13. The molecule has 234 valence electrons. The first kappa shape index (κ1) is 32.8. The molecule has 0 aliphatic carbocycles. The maximum absolute atomic E-state index is 14.3. The van der Waals surface area contributed by atoms with Crippen molar-refractivity contribution < 1.29 is 37.9 Å². The van der Waals surface area contributed by atoms with Crippen molar-refractivity contribution in [3.63, 3.8) is 0 Å². The van der Waals surface area contributed by atoms with Crippen LogP contribution in [0.15, 0.2) is 77.2 Å². The summed E-state index contributed by atoms with van der Waals surface area (Å²) in [5.74, 6) is -6.20. The molecule has 0 aliphatic rings. The van der Waals surface area contributed by atoms with Gasteiger partial charge in [0.1, 0.15) is 17.6 Å². The van der Waals surface area contributed by atoms with Gasteiger partial charge in [-0.3, -0.25) is 24.0 Å². The average molecular weight is 637 g/mol. The zero-order valence-electron chi connectivity index (χ0n) is 24.3. The minimum absolute atomic E-state index is 0.00614. The molecule has 3 N–H and O–H groups in total. The van der Waals surface area contributed by atoms with E-state index < -0.39 is 66.2 Å². The van der Waals surface area contributed by atoms with Crippen LogP contribution in [0.2, 0.25) is 5.02 Å². The van der Waals surface area contributed by atoms with E-state index in [1.807, 2.05) is 0 Å². The van der Waals surface area contributed by atoms with Gasteiger partial charge in [0.05, 0.1) is 13.0 Å². The normalized spacial score (nSPS) is 12.4. The van der Waals surface area contributed by atoms with Crippen LogP contribution in [0.5, 0.6) is 0 Å². The van der Waals surface area contributed by atoms with Crippen LogP contribution in [0.4, 0.5) is 4.39 Å². The summed E-state index contributed by atoms with van der Waals surface area (Å²) in [5, 5.41) is 14.5. The third kappa shape index (κ3) is 8.51. The Morgan fingerprint density at radius 2 is 1.62 bits per heavy atom. The molecule has 11 nitrogen and oxygen atoms in total. The number of carboxylic acids is 1. The van der Waals surface area contributed by atoms with E-state index in [1.54, 1.807) is 74.5 Å². The van der Waals surface area contributed by atoms with Gasteiger partial charge in [0.15, 0.2) is 11.4 Å². The van der Waals surface area contributed by atoms with E-state index in [-0.39, 0.29) is 28.6 Å². The summed E-state index contributed by atoms with van der Waals surface area (Å²) in [6.07, 6.45) is -0.846. The molecule has 1 aromatic heterocycles. The molecule has 0 radical (unpaired) electrons. The molecule has 3 amide bonds. The Labute approximate surface area is 262 Å². The number of fused-ring (bicyclic) bond motifs is 1. The lowest BCUT2D eigenvalue weighted by Gasteiger charge is -2.30. The maximum Gasteiger partial charge on any atom is 0.305 e. The number of hydrogen-bond acceptors (Lipinski definition) is 7.